The van der Waals surface area contributed by atoms with Gasteiger partial charge < -0.3 is 15.4 Å². The first kappa shape index (κ1) is 9.43. The van der Waals surface area contributed by atoms with Crippen LogP contribution >= 0.6 is 0 Å². The van der Waals surface area contributed by atoms with Gasteiger partial charge >= 0.3 is 0 Å². The third kappa shape index (κ3) is 1.60. The fraction of sp³-hybridized carbons (Fsp3) is 0.222. The van der Waals surface area contributed by atoms with Crippen molar-refractivity contribution in [3.8, 4) is 12.3 Å². The Balaban J connectivity index is 2.46. The van der Waals surface area contributed by atoms with Crippen molar-refractivity contribution in [2.24, 2.45) is 0 Å². The number of nitrogens with zero attached hydrogens (tertiary/aromatic N) is 4. The third-order valence-electron chi connectivity index (χ3n) is 1.99. The Morgan fingerprint density at radius 2 is 2.33 bits per heavy atom. The van der Waals surface area contributed by atoms with Gasteiger partial charge in [0.25, 0.3) is 0 Å². The molecule has 0 bridgehead atoms. The van der Waals surface area contributed by atoms with Gasteiger partial charge in [0, 0.05) is 0 Å². The fourth-order valence-corrected chi connectivity index (χ4v) is 1.27. The number of anilines is 1. The molecular weight excluding hydrogens is 194 g/mol. The van der Waals surface area contributed by atoms with Crippen LogP contribution in [0.2, 0.25) is 0 Å². The average molecular weight is 203 g/mol. The summed E-state index contributed by atoms with van der Waals surface area (Å²) in [4.78, 5) is 11.9. The predicted molar refractivity (Wildman–Crippen MR) is 54.6 cm³/mol. The summed E-state index contributed by atoms with van der Waals surface area (Å²) in [5.74, 6) is 2.53. The summed E-state index contributed by atoms with van der Waals surface area (Å²) in [5.41, 5.74) is 6.69. The van der Waals surface area contributed by atoms with Crippen LogP contribution in [-0.2, 0) is 6.54 Å². The number of aromatic nitrogens is 4. The largest absolute Gasteiger partial charge is 0.382 e. The standard InChI is InChI=1S/C9H9N5O/c1-2-6(15)3-14-5-13-7-8(10)11-4-12-9(7)14/h1,4-6,15H,3H2,(H2,10,11,12)/t6-/m1/s1. The summed E-state index contributed by atoms with van der Waals surface area (Å²) >= 11 is 0. The highest BCUT2D eigenvalue weighted by Gasteiger charge is 2.09. The van der Waals surface area contributed by atoms with Crippen LogP contribution in [0.4, 0.5) is 5.82 Å². The van der Waals surface area contributed by atoms with Crippen molar-refractivity contribution >= 4 is 17.0 Å². The van der Waals surface area contributed by atoms with Gasteiger partial charge in [0.15, 0.2) is 11.5 Å². The Bertz CT molecular complexity index is 527. The van der Waals surface area contributed by atoms with Gasteiger partial charge in [-0.3, -0.25) is 0 Å². The minimum atomic E-state index is -0.862. The summed E-state index contributed by atoms with van der Waals surface area (Å²) < 4.78 is 1.64. The molecule has 6 nitrogen and oxygen atoms in total. The van der Waals surface area contributed by atoms with Gasteiger partial charge in [0.1, 0.15) is 17.9 Å². The number of imidazole rings is 1. The molecule has 15 heavy (non-hydrogen) atoms. The molecule has 0 spiro atoms. The zero-order chi connectivity index (χ0) is 10.8. The Hall–Kier alpha value is -2.13. The molecule has 6 heteroatoms. The predicted octanol–water partition coefficient (Wildman–Crippen LogP) is -0.597. The lowest BCUT2D eigenvalue weighted by Gasteiger charge is -2.04. The third-order valence-corrected chi connectivity index (χ3v) is 1.99. The van der Waals surface area contributed by atoms with Crippen LogP contribution in [0.15, 0.2) is 12.7 Å². The molecule has 76 valence electrons. The van der Waals surface area contributed by atoms with E-state index >= 15 is 0 Å². The van der Waals surface area contributed by atoms with Crippen LogP contribution in [0.25, 0.3) is 11.2 Å². The van der Waals surface area contributed by atoms with Gasteiger partial charge in [-0.15, -0.1) is 6.42 Å². The Morgan fingerprint density at radius 1 is 1.53 bits per heavy atom. The number of hydrogen-bond donors (Lipinski definition) is 2. The first-order valence-electron chi connectivity index (χ1n) is 4.28. The van der Waals surface area contributed by atoms with E-state index in [0.29, 0.717) is 17.0 Å². The maximum absolute atomic E-state index is 9.30. The van der Waals surface area contributed by atoms with E-state index in [2.05, 4.69) is 20.9 Å². The summed E-state index contributed by atoms with van der Waals surface area (Å²) in [5, 5.41) is 9.30. The minimum Gasteiger partial charge on any atom is -0.382 e. The van der Waals surface area contributed by atoms with Crippen LogP contribution in [0.5, 0.6) is 0 Å². The van der Waals surface area contributed by atoms with E-state index in [1.165, 1.54) is 12.7 Å². The first-order chi connectivity index (χ1) is 7.22. The molecule has 2 rings (SSSR count). The van der Waals surface area contributed by atoms with E-state index in [0.717, 1.165) is 0 Å². The lowest BCUT2D eigenvalue weighted by Crippen LogP contribution is -2.13. The van der Waals surface area contributed by atoms with Crippen molar-refractivity contribution in [3.05, 3.63) is 12.7 Å². The molecule has 2 aromatic rings. The Morgan fingerprint density at radius 3 is 3.07 bits per heavy atom. The van der Waals surface area contributed by atoms with Crippen molar-refractivity contribution in [3.63, 3.8) is 0 Å². The highest BCUT2D eigenvalue weighted by molar-refractivity contribution is 5.81. The first-order valence-corrected chi connectivity index (χ1v) is 4.28. The molecule has 0 unspecified atom stereocenters. The second-order valence-corrected chi connectivity index (χ2v) is 3.01. The maximum Gasteiger partial charge on any atom is 0.165 e. The zero-order valence-electron chi connectivity index (χ0n) is 7.83. The van der Waals surface area contributed by atoms with Crippen LogP contribution in [0, 0.1) is 12.3 Å². The van der Waals surface area contributed by atoms with Gasteiger partial charge in [-0.2, -0.15) is 0 Å². The average Bonchev–Trinajstić information content (AvgIpc) is 2.63. The number of hydrogen-bond acceptors (Lipinski definition) is 5. The van der Waals surface area contributed by atoms with Crippen LogP contribution in [0.3, 0.4) is 0 Å². The van der Waals surface area contributed by atoms with Gasteiger partial charge in [-0.1, -0.05) is 5.92 Å². The van der Waals surface area contributed by atoms with Crippen molar-refractivity contribution in [2.45, 2.75) is 12.6 Å². The summed E-state index contributed by atoms with van der Waals surface area (Å²) in [6.45, 7) is 0.240. The van der Waals surface area contributed by atoms with E-state index in [-0.39, 0.29) is 6.54 Å². The van der Waals surface area contributed by atoms with Crippen molar-refractivity contribution < 1.29 is 5.11 Å². The normalized spacial score (nSPS) is 12.5. The van der Waals surface area contributed by atoms with Crippen LogP contribution in [0.1, 0.15) is 0 Å². The molecule has 0 saturated heterocycles. The van der Waals surface area contributed by atoms with Crippen molar-refractivity contribution in [2.75, 3.05) is 5.73 Å². The van der Waals surface area contributed by atoms with E-state index in [1.807, 2.05) is 0 Å². The molecule has 0 saturated carbocycles. The Labute approximate surface area is 85.8 Å². The quantitative estimate of drug-likeness (QED) is 0.636. The van der Waals surface area contributed by atoms with Gasteiger partial charge in [0.2, 0.25) is 0 Å². The van der Waals surface area contributed by atoms with Crippen molar-refractivity contribution in [1.29, 1.82) is 0 Å². The highest BCUT2D eigenvalue weighted by atomic mass is 16.3. The second kappa shape index (κ2) is 3.55. The molecule has 3 N–H and O–H groups in total. The van der Waals surface area contributed by atoms with Gasteiger partial charge in [0.05, 0.1) is 12.9 Å². The number of terminal acetylenes is 1. The molecular formula is C9H9N5O. The van der Waals surface area contributed by atoms with Crippen molar-refractivity contribution in [1.82, 2.24) is 19.5 Å². The second-order valence-electron chi connectivity index (χ2n) is 3.01. The topological polar surface area (TPSA) is 89.8 Å². The smallest absolute Gasteiger partial charge is 0.165 e. The maximum atomic E-state index is 9.30. The number of nitrogens with two attached hydrogens (primary N) is 1. The number of fused-ring (bicyclic) bond motifs is 1. The molecule has 0 aliphatic heterocycles. The molecule has 0 aromatic carbocycles. The monoisotopic (exact) mass is 203 g/mol. The lowest BCUT2D eigenvalue weighted by atomic mass is 10.4. The highest BCUT2D eigenvalue weighted by Crippen LogP contribution is 2.14. The summed E-state index contributed by atoms with van der Waals surface area (Å²) in [6.07, 6.45) is 7.08. The SMILES string of the molecule is C#C[C@@H](O)Cn1cnc2c(N)ncnc21. The molecule has 1 atom stereocenters. The summed E-state index contributed by atoms with van der Waals surface area (Å²) in [7, 11) is 0. The summed E-state index contributed by atoms with van der Waals surface area (Å²) in [6, 6.07) is 0. The van der Waals surface area contributed by atoms with Gasteiger partial charge in [-0.05, 0) is 0 Å². The number of aliphatic hydroxyl groups is 1. The number of rotatable bonds is 2. The minimum absolute atomic E-state index is 0.240. The molecule has 2 aromatic heterocycles. The molecule has 0 amide bonds. The van der Waals surface area contributed by atoms with Crippen LogP contribution < -0.4 is 5.73 Å². The van der Waals surface area contributed by atoms with Crippen LogP contribution in [-0.4, -0.2) is 30.7 Å². The van der Waals surface area contributed by atoms with E-state index < -0.39 is 6.10 Å². The zero-order valence-corrected chi connectivity index (χ0v) is 7.83. The van der Waals surface area contributed by atoms with E-state index in [4.69, 9.17) is 12.2 Å². The Kier molecular flexibility index (Phi) is 2.23. The fourth-order valence-electron chi connectivity index (χ4n) is 1.27. The molecule has 0 aliphatic carbocycles. The molecule has 0 radical (unpaired) electrons. The lowest BCUT2D eigenvalue weighted by molar-refractivity contribution is 0.212. The van der Waals surface area contributed by atoms with E-state index in [1.54, 1.807) is 4.57 Å². The molecule has 2 heterocycles. The van der Waals surface area contributed by atoms with Gasteiger partial charge in [-0.25, -0.2) is 15.0 Å². The number of nitrogen functional groups attached to an aromatic ring is 1. The molecule has 0 aliphatic rings. The molecule has 0 fully saturated rings. The number of aliphatic hydroxyl groups excluding tert-OH is 1. The van der Waals surface area contributed by atoms with E-state index in [9.17, 15) is 5.11 Å².